The second-order valence-electron chi connectivity index (χ2n) is 4.38. The quantitative estimate of drug-likeness (QED) is 0.835. The molecule has 0 heterocycles. The van der Waals surface area contributed by atoms with E-state index in [2.05, 4.69) is 4.99 Å². The number of nitrogens with one attached hydrogen (secondary N) is 1. The first-order valence-electron chi connectivity index (χ1n) is 5.88. The van der Waals surface area contributed by atoms with Gasteiger partial charge in [0.15, 0.2) is 0 Å². The number of sulfonamides is 1. The Labute approximate surface area is 118 Å². The average Bonchev–Trinajstić information content (AvgIpc) is 2.26. The Bertz CT molecular complexity index is 645. The smallest absolute Gasteiger partial charge is 0.264 e. The van der Waals surface area contributed by atoms with Gasteiger partial charge in [0.2, 0.25) is 5.91 Å². The van der Waals surface area contributed by atoms with Gasteiger partial charge in [-0.25, -0.2) is 13.1 Å². The van der Waals surface area contributed by atoms with E-state index < -0.39 is 15.9 Å². The summed E-state index contributed by atoms with van der Waals surface area (Å²) in [5.41, 5.74) is 1.19. The Morgan fingerprint density at radius 3 is 2.10 bits per heavy atom. The molecule has 0 aliphatic carbocycles. The molecule has 20 heavy (non-hydrogen) atoms. The molecule has 1 N–H and O–H groups in total. The highest BCUT2D eigenvalue weighted by Gasteiger charge is 2.14. The summed E-state index contributed by atoms with van der Waals surface area (Å²) in [6, 6.07) is 5.73. The fraction of sp³-hybridized carbons (Fsp3) is 0.308. The first-order chi connectivity index (χ1) is 9.20. The van der Waals surface area contributed by atoms with Crippen LogP contribution in [0.4, 0.5) is 5.69 Å². The minimum Gasteiger partial charge on any atom is -0.300 e. The van der Waals surface area contributed by atoms with Crippen LogP contribution in [0.1, 0.15) is 27.2 Å². The third kappa shape index (κ3) is 4.93. The molecule has 6 nitrogen and oxygen atoms in total. The molecule has 1 aromatic carbocycles. The van der Waals surface area contributed by atoms with Crippen molar-refractivity contribution >= 4 is 33.1 Å². The van der Waals surface area contributed by atoms with Gasteiger partial charge in [-0.15, -0.1) is 0 Å². The highest BCUT2D eigenvalue weighted by molar-refractivity contribution is 7.90. The molecular formula is C13H16N2O4S. The molecular weight excluding hydrogens is 280 g/mol. The van der Waals surface area contributed by atoms with E-state index in [-0.39, 0.29) is 17.1 Å². The summed E-state index contributed by atoms with van der Waals surface area (Å²) in [5.74, 6) is -0.638. The Kier molecular flexibility index (Phi) is 5.15. The number of carbonyl (C=O) groups is 2. The Morgan fingerprint density at radius 1 is 1.10 bits per heavy atom. The number of rotatable bonds is 5. The number of nitrogens with zero attached hydrogens (tertiary/aromatic N) is 1. The lowest BCUT2D eigenvalue weighted by Gasteiger charge is -2.05. The number of aliphatic imine (C=N–C) groups is 1. The van der Waals surface area contributed by atoms with Crippen LogP contribution >= 0.6 is 0 Å². The van der Waals surface area contributed by atoms with E-state index in [4.69, 9.17) is 0 Å². The first kappa shape index (κ1) is 16.0. The fourth-order valence-corrected chi connectivity index (χ4v) is 2.56. The van der Waals surface area contributed by atoms with Crippen molar-refractivity contribution in [1.82, 2.24) is 4.72 Å². The maximum Gasteiger partial charge on any atom is 0.264 e. The van der Waals surface area contributed by atoms with Crippen LogP contribution in [0.2, 0.25) is 0 Å². The summed E-state index contributed by atoms with van der Waals surface area (Å²) in [5, 5.41) is 0. The van der Waals surface area contributed by atoms with Gasteiger partial charge in [-0.1, -0.05) is 0 Å². The Balaban J connectivity index is 2.95. The number of amides is 1. The normalized spacial score (nSPS) is 12.1. The van der Waals surface area contributed by atoms with Crippen LogP contribution in [0.5, 0.6) is 0 Å². The number of hydrogen-bond donors (Lipinski definition) is 1. The van der Waals surface area contributed by atoms with E-state index in [0.29, 0.717) is 11.4 Å². The first-order valence-corrected chi connectivity index (χ1v) is 7.36. The van der Waals surface area contributed by atoms with Gasteiger partial charge in [-0.2, -0.15) is 0 Å². The highest BCUT2D eigenvalue weighted by Crippen LogP contribution is 2.17. The van der Waals surface area contributed by atoms with Gasteiger partial charge in [-0.05, 0) is 38.1 Å². The Hall–Kier alpha value is -2.02. The van der Waals surface area contributed by atoms with E-state index in [1.807, 2.05) is 4.72 Å². The third-order valence-corrected chi connectivity index (χ3v) is 3.70. The standard InChI is InChI=1S/C13H16N2O4S/c1-9(8-10(2)16)14-12-4-6-13(7-5-12)20(18,19)15-11(3)17/h4-7H,8H2,1-3H3,(H,15,17). The lowest BCUT2D eigenvalue weighted by Crippen LogP contribution is -2.28. The largest absolute Gasteiger partial charge is 0.300 e. The molecule has 0 bridgehead atoms. The van der Waals surface area contributed by atoms with E-state index in [9.17, 15) is 18.0 Å². The number of benzene rings is 1. The number of hydrogen-bond acceptors (Lipinski definition) is 5. The van der Waals surface area contributed by atoms with Crippen LogP contribution in [0.3, 0.4) is 0 Å². The molecule has 0 spiro atoms. The van der Waals surface area contributed by atoms with E-state index in [0.717, 1.165) is 6.92 Å². The zero-order valence-electron chi connectivity index (χ0n) is 11.5. The van der Waals surface area contributed by atoms with Crippen LogP contribution in [-0.2, 0) is 19.6 Å². The number of carbonyl (C=O) groups excluding carboxylic acids is 2. The summed E-state index contributed by atoms with van der Waals surface area (Å²) >= 11 is 0. The van der Waals surface area contributed by atoms with Crippen molar-refractivity contribution in [2.45, 2.75) is 32.1 Å². The molecule has 108 valence electrons. The Morgan fingerprint density at radius 2 is 1.65 bits per heavy atom. The highest BCUT2D eigenvalue weighted by atomic mass is 32.2. The average molecular weight is 296 g/mol. The summed E-state index contributed by atoms with van der Waals surface area (Å²) in [6.07, 6.45) is 0.256. The molecule has 1 amide bonds. The SMILES string of the molecule is CC(=O)CC(C)=Nc1ccc(S(=O)(=O)NC(C)=O)cc1. The monoisotopic (exact) mass is 296 g/mol. The molecule has 0 radical (unpaired) electrons. The predicted molar refractivity (Wildman–Crippen MR) is 75.5 cm³/mol. The van der Waals surface area contributed by atoms with Crippen molar-refractivity contribution in [3.05, 3.63) is 24.3 Å². The minimum absolute atomic E-state index is 0.0103. The summed E-state index contributed by atoms with van der Waals surface area (Å²) < 4.78 is 25.3. The van der Waals surface area contributed by atoms with Crippen LogP contribution in [0, 0.1) is 0 Å². The van der Waals surface area contributed by atoms with E-state index in [1.54, 1.807) is 6.92 Å². The van der Waals surface area contributed by atoms with E-state index in [1.165, 1.54) is 31.2 Å². The van der Waals surface area contributed by atoms with Gasteiger partial charge in [0, 0.05) is 19.1 Å². The fourth-order valence-electron chi connectivity index (χ4n) is 1.57. The molecule has 0 fully saturated rings. The molecule has 0 unspecified atom stereocenters. The topological polar surface area (TPSA) is 92.7 Å². The minimum atomic E-state index is -3.83. The molecule has 1 rings (SSSR count). The zero-order valence-corrected chi connectivity index (χ0v) is 12.3. The van der Waals surface area contributed by atoms with Gasteiger partial charge in [0.1, 0.15) is 5.78 Å². The van der Waals surface area contributed by atoms with Crippen molar-refractivity contribution in [3.8, 4) is 0 Å². The number of ketones is 1. The predicted octanol–water partition coefficient (Wildman–Crippen LogP) is 1.58. The van der Waals surface area contributed by atoms with Gasteiger partial charge in [0.05, 0.1) is 10.6 Å². The molecule has 0 atom stereocenters. The van der Waals surface area contributed by atoms with Gasteiger partial charge in [-0.3, -0.25) is 14.6 Å². The van der Waals surface area contributed by atoms with E-state index >= 15 is 0 Å². The van der Waals surface area contributed by atoms with Crippen molar-refractivity contribution in [1.29, 1.82) is 0 Å². The maximum atomic E-state index is 11.7. The molecule has 0 saturated carbocycles. The molecule has 0 saturated heterocycles. The number of Topliss-reactive ketones (excluding diaryl/α,β-unsaturated/α-hetero) is 1. The molecule has 1 aromatic rings. The third-order valence-electron chi connectivity index (χ3n) is 2.25. The molecule has 0 aromatic heterocycles. The molecule has 7 heteroatoms. The van der Waals surface area contributed by atoms with Crippen molar-refractivity contribution < 1.29 is 18.0 Å². The lowest BCUT2D eigenvalue weighted by atomic mass is 10.2. The van der Waals surface area contributed by atoms with Gasteiger partial charge >= 0.3 is 0 Å². The lowest BCUT2D eigenvalue weighted by molar-refractivity contribution is -0.117. The van der Waals surface area contributed by atoms with Crippen LogP contribution in [-0.4, -0.2) is 25.8 Å². The van der Waals surface area contributed by atoms with Crippen LogP contribution in [0.25, 0.3) is 0 Å². The summed E-state index contributed by atoms with van der Waals surface area (Å²) in [4.78, 5) is 25.9. The van der Waals surface area contributed by atoms with Crippen molar-refractivity contribution in [2.24, 2.45) is 4.99 Å². The van der Waals surface area contributed by atoms with Gasteiger partial charge in [0.25, 0.3) is 10.0 Å². The summed E-state index contributed by atoms with van der Waals surface area (Å²) in [7, 11) is -3.83. The maximum absolute atomic E-state index is 11.7. The van der Waals surface area contributed by atoms with Gasteiger partial charge < -0.3 is 0 Å². The van der Waals surface area contributed by atoms with Crippen LogP contribution in [0.15, 0.2) is 34.2 Å². The second kappa shape index (κ2) is 6.42. The van der Waals surface area contributed by atoms with Crippen molar-refractivity contribution in [2.75, 3.05) is 0 Å². The summed E-state index contributed by atoms with van der Waals surface area (Å²) in [6.45, 7) is 4.33. The second-order valence-corrected chi connectivity index (χ2v) is 6.06. The van der Waals surface area contributed by atoms with Crippen LogP contribution < -0.4 is 4.72 Å². The molecule has 0 aliphatic heterocycles. The molecule has 0 aliphatic rings. The zero-order chi connectivity index (χ0) is 15.3. The van der Waals surface area contributed by atoms with Crippen molar-refractivity contribution in [3.63, 3.8) is 0 Å².